The van der Waals surface area contributed by atoms with Gasteiger partial charge in [0.05, 0.1) is 88.2 Å². The molecule has 0 bridgehead atoms. The Morgan fingerprint density at radius 2 is 0.860 bits per heavy atom. The molecule has 0 fully saturated rings. The number of rotatable bonds is 24. The number of ketones is 1. The fourth-order valence-corrected chi connectivity index (χ4v) is 11.9. The van der Waals surface area contributed by atoms with Crippen LogP contribution in [0, 0.1) is 40.7 Å². The van der Waals surface area contributed by atoms with E-state index in [1.807, 2.05) is 0 Å². The van der Waals surface area contributed by atoms with Crippen LogP contribution in [-0.2, 0) is 99.5 Å². The number of carbonyl (C=O) groups excluding carboxylic acids is 6. The van der Waals surface area contributed by atoms with Gasteiger partial charge in [-0.2, -0.15) is 8.42 Å². The second-order valence-corrected chi connectivity index (χ2v) is 34.6. The minimum atomic E-state index is -3.67. The van der Waals surface area contributed by atoms with E-state index < -0.39 is 75.3 Å². The number of carbonyl (C=O) groups is 10. The van der Waals surface area contributed by atoms with Gasteiger partial charge in [-0.05, 0) is 244 Å². The Labute approximate surface area is 776 Å². The molecule has 0 aliphatic heterocycles. The molecular formula is C88H102BBr4F7O28S. The lowest BCUT2D eigenvalue weighted by Crippen LogP contribution is -2.08. The average Bonchev–Trinajstić information content (AvgIpc) is 1.68. The number of benzene rings is 7. The number of allylic oxidation sites excluding steroid dienone is 1. The summed E-state index contributed by atoms with van der Waals surface area (Å²) in [4.78, 5) is 105. The Balaban J connectivity index is 0.00000143. The van der Waals surface area contributed by atoms with Gasteiger partial charge in [-0.1, -0.05) is 35.5 Å². The molecule has 0 radical (unpaired) electrons. The number of fused-ring (bicyclic) bond motifs is 4. The van der Waals surface area contributed by atoms with E-state index in [0.29, 0.717) is 86.7 Å². The minimum Gasteiger partial charge on any atom is -0.505 e. The number of hydrogen-bond acceptors (Lipinski definition) is 23. The maximum atomic E-state index is 13.7. The molecule has 0 spiro atoms. The van der Waals surface area contributed by atoms with E-state index in [1.54, 1.807) is 52.0 Å². The van der Waals surface area contributed by atoms with Gasteiger partial charge in [-0.15, -0.1) is 47.3 Å². The van der Waals surface area contributed by atoms with Crippen molar-refractivity contribution in [2.75, 3.05) is 80.7 Å². The number of carboxylic acids is 4. The summed E-state index contributed by atoms with van der Waals surface area (Å²) in [7, 11) is 4.72. The highest BCUT2D eigenvalue weighted by Gasteiger charge is 2.30. The van der Waals surface area contributed by atoms with Crippen molar-refractivity contribution in [1.29, 1.82) is 0 Å². The summed E-state index contributed by atoms with van der Waals surface area (Å²) in [6, 6.07) is 24.4. The molecule has 7 aromatic carbocycles. The molecule has 708 valence electrons. The monoisotopic (exact) mass is 2100 g/mol. The first kappa shape index (κ1) is 118. The first-order chi connectivity index (χ1) is 60.3. The van der Waals surface area contributed by atoms with E-state index in [4.69, 9.17) is 62.9 Å². The van der Waals surface area contributed by atoms with Crippen molar-refractivity contribution in [2.45, 2.75) is 130 Å². The third-order valence-electron chi connectivity index (χ3n) is 17.2. The Bertz CT molecular complexity index is 5020. The number of esters is 4. The third kappa shape index (κ3) is 46.8. The summed E-state index contributed by atoms with van der Waals surface area (Å²) in [5, 5.41) is 41.8. The van der Waals surface area contributed by atoms with Gasteiger partial charge >= 0.3 is 50.9 Å². The van der Waals surface area contributed by atoms with E-state index in [-0.39, 0.29) is 111 Å². The molecule has 4 aliphatic carbocycles. The molecule has 0 aromatic heterocycles. The number of alkyl halides is 1. The number of aryl methyl sites for hydroxylation is 5. The maximum absolute atomic E-state index is 13.7. The Kier molecular flexibility index (Phi) is 57.8. The van der Waals surface area contributed by atoms with Crippen LogP contribution in [0.25, 0.3) is 11.6 Å². The Hall–Kier alpha value is -10.9. The predicted molar refractivity (Wildman–Crippen MR) is 481 cm³/mol. The number of ether oxygens (including phenoxy) is 10. The molecule has 0 saturated heterocycles. The van der Waals surface area contributed by atoms with E-state index in [2.05, 4.69) is 72.7 Å². The van der Waals surface area contributed by atoms with Gasteiger partial charge in [0.1, 0.15) is 18.0 Å². The molecule has 6 N–H and O–H groups in total. The van der Waals surface area contributed by atoms with E-state index in [0.717, 1.165) is 94.7 Å². The van der Waals surface area contributed by atoms with Gasteiger partial charge in [0, 0.05) is 36.1 Å². The highest BCUT2D eigenvalue weighted by Crippen LogP contribution is 2.41. The van der Waals surface area contributed by atoms with E-state index in [9.17, 15) is 92.2 Å². The number of phenolic OH excluding ortho intramolecular Hbond substituents is 1. The fraction of sp³-hybridized carbons (Fsp3) is 0.364. The molecule has 0 heterocycles. The highest BCUT2D eigenvalue weighted by atomic mass is 79.9. The number of halogens is 11. The van der Waals surface area contributed by atoms with Crippen LogP contribution in [0.3, 0.4) is 0 Å². The number of methoxy groups -OCH3 is 6. The maximum Gasteiger partial charge on any atom is 0.369 e. The number of hydrogen-bond donors (Lipinski definition) is 6. The van der Waals surface area contributed by atoms with Crippen LogP contribution in [0.5, 0.6) is 40.2 Å². The van der Waals surface area contributed by atoms with Crippen LogP contribution < -0.4 is 28.4 Å². The number of Topliss-reactive ketones (excluding diaryl/α,β-unsaturated/α-hetero) is 1. The molecule has 0 amide bonds. The van der Waals surface area contributed by atoms with Gasteiger partial charge in [-0.3, -0.25) is 42.9 Å². The SMILES string of the molecule is BrB(Br)Br.C.CCOC(=O)/C=C1\CCc2cc(OC)c(F)cc21.CCOC(=O)CBr.CCOC(=O)CC1CCc2cc(O)c(F)cc21.CCOC(=O)CC1CCc2cc(OC)c(F)cc21.COc1cc(/C=C/C(=O)O)ccc1F.COc1cc(C=O)ccc1F.COc1cc(CCC(=O)O)ccc1F.COc1cc2c(cc1F)C(=O)CC2.CS(=O)(=O)O.O=C(O)CC(=O)O. The van der Waals surface area contributed by atoms with Gasteiger partial charge in [0.2, 0.25) is 0 Å². The molecule has 2 atom stereocenters. The van der Waals surface area contributed by atoms with Crippen molar-refractivity contribution >= 4 is 148 Å². The van der Waals surface area contributed by atoms with Crippen LogP contribution >= 0.6 is 63.2 Å². The summed E-state index contributed by atoms with van der Waals surface area (Å²) in [5.74, 6) is -7.98. The number of aromatic hydroxyl groups is 1. The number of aldehydes is 1. The predicted octanol–water partition coefficient (Wildman–Crippen LogP) is 18.2. The fourth-order valence-electron chi connectivity index (χ4n) is 11.7. The number of phenols is 1. The Morgan fingerprint density at radius 1 is 0.481 bits per heavy atom. The molecule has 2 unspecified atom stereocenters. The zero-order valence-corrected chi connectivity index (χ0v) is 78.5. The highest BCUT2D eigenvalue weighted by molar-refractivity contribution is 9.69. The van der Waals surface area contributed by atoms with Crippen LogP contribution in [0.1, 0.15) is 169 Å². The van der Waals surface area contributed by atoms with Gasteiger partial charge < -0.3 is 72.9 Å². The number of carboxylic acid groups (broad SMARTS) is 4. The van der Waals surface area contributed by atoms with Crippen molar-refractivity contribution in [1.82, 2.24) is 0 Å². The topological polar surface area (TPSA) is 419 Å². The standard InChI is InChI=1S/C14H17FO3.C14H15FO3.C13H15FO3.C10H11FO3.C10H9FO3.C10H9FO2.C8H7FO2.C4H7BrO2.C3H4O4.CH4O3S.CH4.BBr3/c2*1-3-18-14(16)7-10-5-4-9-6-13(17-2)12(15)8-11(9)10;1-2-17-13(16)6-9-4-3-8-5-12(15)11(14)7-10(8)9;2*1-14-9-6-7(2-4-8(9)11)3-5-10(12)13;1-13-10-4-6-2-3-9(12)7(6)5-8(10)11;1-11-8-4-6(5-10)2-3-7(8)9;1-2-7-4(6)3-5;4-2(5)1-3(6)7;1-5(2,3)4;;2-1(3)4/h6,8,10H,3-5,7H2,1-2H3;6-8H,3-5H2,1-2H3;5,7,9,15H,2-4,6H2,1H3;2,4,6H,3,5H2,1H3,(H,12,13);2-6H,1H3,(H,12,13);4-5H,2-3H2,1H3;2-5H,1H3;2-3H2,1H3;1H2,(H,4,5)(H,6,7);1H3,(H,2,3,4);1H4;/b;10-7+;;;5-3+;;;;;;;. The van der Waals surface area contributed by atoms with Crippen molar-refractivity contribution in [3.8, 4) is 40.2 Å². The molecule has 0 saturated carbocycles. The van der Waals surface area contributed by atoms with E-state index in [1.165, 1.54) is 134 Å². The average molecular weight is 2100 g/mol. The lowest BCUT2D eigenvalue weighted by atomic mass is 9.97. The molecule has 41 heteroatoms. The van der Waals surface area contributed by atoms with Crippen LogP contribution in [0.15, 0.2) is 115 Å². The summed E-state index contributed by atoms with van der Waals surface area (Å²) in [6.45, 7) is 8.63. The minimum absolute atomic E-state index is 0. The van der Waals surface area contributed by atoms with Crippen molar-refractivity contribution < 1.29 is 165 Å². The first-order valence-electron chi connectivity index (χ1n) is 38.2. The second-order valence-electron chi connectivity index (χ2n) is 26.1. The first-order valence-corrected chi connectivity index (χ1v) is 44.0. The van der Waals surface area contributed by atoms with Crippen molar-refractivity contribution in [3.63, 3.8) is 0 Å². The molecule has 129 heavy (non-hydrogen) atoms. The molecular weight excluding hydrogens is 2000 g/mol. The molecule has 7 aromatic rings. The van der Waals surface area contributed by atoms with Gasteiger partial charge in [0.25, 0.3) is 10.1 Å². The van der Waals surface area contributed by atoms with Crippen molar-refractivity contribution in [2.24, 2.45) is 0 Å². The van der Waals surface area contributed by atoms with Crippen LogP contribution in [0.2, 0.25) is 0 Å². The lowest BCUT2D eigenvalue weighted by Gasteiger charge is -2.12. The van der Waals surface area contributed by atoms with Gasteiger partial charge in [0.15, 0.2) is 86.8 Å². The Morgan fingerprint density at radius 3 is 1.27 bits per heavy atom. The zero-order valence-electron chi connectivity index (χ0n) is 71.3. The third-order valence-corrected chi connectivity index (χ3v) is 17.7. The molecule has 11 rings (SSSR count). The largest absolute Gasteiger partial charge is 0.505 e. The normalized spacial score (nSPS) is 13.0. The van der Waals surface area contributed by atoms with Crippen LogP contribution in [0.4, 0.5) is 30.7 Å². The quantitative estimate of drug-likeness (QED) is 0.00377. The smallest absolute Gasteiger partial charge is 0.369 e. The summed E-state index contributed by atoms with van der Waals surface area (Å²) < 4.78 is 166. The van der Waals surface area contributed by atoms with Crippen molar-refractivity contribution in [3.05, 3.63) is 217 Å². The molecule has 28 nitrogen and oxygen atoms in total. The second kappa shape index (κ2) is 63.2. The van der Waals surface area contributed by atoms with E-state index >= 15 is 0 Å². The van der Waals surface area contributed by atoms with Crippen LogP contribution in [-0.4, -0.2) is 182 Å². The molecule has 4 aliphatic rings. The summed E-state index contributed by atoms with van der Waals surface area (Å²) in [5.41, 5.74) is 9.49. The number of aliphatic carboxylic acids is 4. The summed E-state index contributed by atoms with van der Waals surface area (Å²) in [6.07, 6.45) is 11.4. The van der Waals surface area contributed by atoms with Gasteiger partial charge in [-0.25, -0.2) is 40.3 Å². The zero-order chi connectivity index (χ0) is 97.1. The summed E-state index contributed by atoms with van der Waals surface area (Å²) >= 11 is 12.3. The lowest BCUT2D eigenvalue weighted by molar-refractivity contribution is -0.148.